The number of carboxylic acids is 1. The first kappa shape index (κ1) is 10.6. The van der Waals surface area contributed by atoms with Crippen LogP contribution in [0.3, 0.4) is 0 Å². The zero-order valence-electron chi connectivity index (χ0n) is 8.16. The molecule has 6 heteroatoms. The van der Waals surface area contributed by atoms with Gasteiger partial charge in [0.25, 0.3) is 0 Å². The quantitative estimate of drug-likeness (QED) is 0.876. The van der Waals surface area contributed by atoms with Crippen LogP contribution < -0.4 is 4.74 Å². The monoisotopic (exact) mass is 236 g/mol. The van der Waals surface area contributed by atoms with Gasteiger partial charge in [-0.25, -0.2) is 14.8 Å². The molecule has 0 radical (unpaired) electrons. The first-order valence-corrected chi connectivity index (χ1v) is 5.34. The molecule has 0 atom stereocenters. The highest BCUT2D eigenvalue weighted by Crippen LogP contribution is 2.11. The summed E-state index contributed by atoms with van der Waals surface area (Å²) < 4.78 is 5.33. The first-order valence-electron chi connectivity index (χ1n) is 4.46. The highest BCUT2D eigenvalue weighted by atomic mass is 32.1. The fourth-order valence-corrected chi connectivity index (χ4v) is 1.58. The van der Waals surface area contributed by atoms with Crippen LogP contribution in [0.15, 0.2) is 29.9 Å². The van der Waals surface area contributed by atoms with E-state index in [9.17, 15) is 4.79 Å². The minimum absolute atomic E-state index is 0.140. The maximum Gasteiger partial charge on any atom is 0.337 e. The van der Waals surface area contributed by atoms with Gasteiger partial charge >= 0.3 is 5.97 Å². The number of carboxylic acid groups (broad SMARTS) is 1. The number of rotatable bonds is 4. The van der Waals surface area contributed by atoms with Crippen LogP contribution in [0.1, 0.15) is 15.4 Å². The molecule has 1 N–H and O–H groups in total. The van der Waals surface area contributed by atoms with Crippen molar-refractivity contribution in [2.24, 2.45) is 0 Å². The van der Waals surface area contributed by atoms with E-state index in [2.05, 4.69) is 9.97 Å². The Morgan fingerprint density at radius 3 is 2.88 bits per heavy atom. The summed E-state index contributed by atoms with van der Waals surface area (Å²) in [5.41, 5.74) is 0.140. The van der Waals surface area contributed by atoms with Gasteiger partial charge in [0.1, 0.15) is 11.6 Å². The molecule has 0 fully saturated rings. The zero-order valence-corrected chi connectivity index (χ0v) is 8.98. The first-order chi connectivity index (χ1) is 7.75. The van der Waals surface area contributed by atoms with Gasteiger partial charge in [-0.15, -0.1) is 11.3 Å². The third-order valence-corrected chi connectivity index (χ3v) is 2.56. The van der Waals surface area contributed by atoms with E-state index in [1.165, 1.54) is 29.7 Å². The molecule has 0 aliphatic heterocycles. The summed E-state index contributed by atoms with van der Waals surface area (Å²) in [6.07, 6.45) is 2.96. The molecule has 0 aliphatic carbocycles. The lowest BCUT2D eigenvalue weighted by atomic mass is 10.3. The Hall–Kier alpha value is -1.95. The van der Waals surface area contributed by atoms with Gasteiger partial charge in [0.15, 0.2) is 0 Å². The van der Waals surface area contributed by atoms with Gasteiger partial charge in [-0.1, -0.05) is 0 Å². The van der Waals surface area contributed by atoms with Gasteiger partial charge in [0.2, 0.25) is 5.88 Å². The van der Waals surface area contributed by atoms with Crippen molar-refractivity contribution in [2.75, 3.05) is 0 Å². The van der Waals surface area contributed by atoms with Gasteiger partial charge in [-0.3, -0.25) is 0 Å². The molecule has 5 nitrogen and oxygen atoms in total. The third-order valence-electron chi connectivity index (χ3n) is 1.81. The molecule has 16 heavy (non-hydrogen) atoms. The number of hydrogen-bond donors (Lipinski definition) is 1. The lowest BCUT2D eigenvalue weighted by Gasteiger charge is -2.02. The average Bonchev–Trinajstić information content (AvgIpc) is 2.80. The van der Waals surface area contributed by atoms with Crippen molar-refractivity contribution in [3.63, 3.8) is 0 Å². The summed E-state index contributed by atoms with van der Waals surface area (Å²) >= 11 is 1.49. The molecule has 82 valence electrons. The Labute approximate surface area is 95.4 Å². The van der Waals surface area contributed by atoms with Gasteiger partial charge in [0.05, 0.1) is 5.56 Å². The molecule has 0 unspecified atom stereocenters. The Morgan fingerprint density at radius 2 is 2.31 bits per heavy atom. The minimum atomic E-state index is -1.00. The van der Waals surface area contributed by atoms with Crippen LogP contribution in [0, 0.1) is 0 Å². The van der Waals surface area contributed by atoms with Crippen LogP contribution in [0.4, 0.5) is 0 Å². The average molecular weight is 236 g/mol. The van der Waals surface area contributed by atoms with E-state index >= 15 is 0 Å². The van der Waals surface area contributed by atoms with Gasteiger partial charge < -0.3 is 9.84 Å². The van der Waals surface area contributed by atoms with Crippen molar-refractivity contribution in [1.29, 1.82) is 0 Å². The van der Waals surface area contributed by atoms with E-state index in [0.717, 1.165) is 5.01 Å². The van der Waals surface area contributed by atoms with E-state index in [4.69, 9.17) is 9.84 Å². The lowest BCUT2D eigenvalue weighted by molar-refractivity contribution is 0.0696. The van der Waals surface area contributed by atoms with Gasteiger partial charge in [0, 0.05) is 23.8 Å². The maximum atomic E-state index is 10.6. The van der Waals surface area contributed by atoms with Crippen molar-refractivity contribution in [3.8, 4) is 5.88 Å². The van der Waals surface area contributed by atoms with Crippen LogP contribution in [0.5, 0.6) is 5.88 Å². The number of hydrogen-bond acceptors (Lipinski definition) is 5. The third kappa shape index (κ3) is 2.54. The zero-order chi connectivity index (χ0) is 11.4. The molecule has 2 heterocycles. The van der Waals surface area contributed by atoms with Crippen LogP contribution in [-0.4, -0.2) is 21.0 Å². The Bertz CT molecular complexity index is 467. The number of pyridine rings is 1. The van der Waals surface area contributed by atoms with Gasteiger partial charge in [-0.05, 0) is 6.07 Å². The Balaban J connectivity index is 1.98. The van der Waals surface area contributed by atoms with Gasteiger partial charge in [-0.2, -0.15) is 0 Å². The minimum Gasteiger partial charge on any atom is -0.478 e. The second-order valence-corrected chi connectivity index (χ2v) is 3.88. The molecule has 0 bridgehead atoms. The highest BCUT2D eigenvalue weighted by molar-refractivity contribution is 7.09. The molecule has 0 aliphatic rings. The SMILES string of the molecule is O=C(O)c1ccc(OCc2nccs2)nc1. The predicted octanol–water partition coefficient (Wildman–Crippen LogP) is 1.82. The second kappa shape index (κ2) is 4.71. The number of thiazole rings is 1. The second-order valence-electron chi connectivity index (χ2n) is 2.90. The van der Waals surface area contributed by atoms with Crippen LogP contribution in [0.25, 0.3) is 0 Å². The molecule has 0 aromatic carbocycles. The topological polar surface area (TPSA) is 72.3 Å². The van der Waals surface area contributed by atoms with Crippen molar-refractivity contribution in [3.05, 3.63) is 40.5 Å². The van der Waals surface area contributed by atoms with Crippen molar-refractivity contribution >= 4 is 17.3 Å². The molecule has 0 saturated heterocycles. The number of ether oxygens (including phenoxy) is 1. The molecule has 2 rings (SSSR count). The molecule has 2 aromatic heterocycles. The molecule has 0 amide bonds. The molecular weight excluding hydrogens is 228 g/mol. The van der Waals surface area contributed by atoms with Crippen LogP contribution in [-0.2, 0) is 6.61 Å². The summed E-state index contributed by atoms with van der Waals surface area (Å²) in [4.78, 5) is 18.5. The standard InChI is InChI=1S/C10H8N2O3S/c13-10(14)7-1-2-8(12-5-7)15-6-9-11-3-4-16-9/h1-5H,6H2,(H,13,14). The Morgan fingerprint density at radius 1 is 1.44 bits per heavy atom. The molecule has 0 spiro atoms. The van der Waals surface area contributed by atoms with Crippen LogP contribution >= 0.6 is 11.3 Å². The maximum absolute atomic E-state index is 10.6. The van der Waals surface area contributed by atoms with Crippen molar-refractivity contribution < 1.29 is 14.6 Å². The number of aromatic nitrogens is 2. The van der Waals surface area contributed by atoms with Crippen LogP contribution in [0.2, 0.25) is 0 Å². The van der Waals surface area contributed by atoms with E-state index in [1.807, 2.05) is 5.38 Å². The van der Waals surface area contributed by atoms with E-state index < -0.39 is 5.97 Å². The fourth-order valence-electron chi connectivity index (χ4n) is 1.05. The summed E-state index contributed by atoms with van der Waals surface area (Å²) in [7, 11) is 0. The highest BCUT2D eigenvalue weighted by Gasteiger charge is 2.04. The normalized spacial score (nSPS) is 10.0. The smallest absolute Gasteiger partial charge is 0.337 e. The Kier molecular flexibility index (Phi) is 3.11. The summed E-state index contributed by atoms with van der Waals surface area (Å²) in [5.74, 6) is -0.612. The van der Waals surface area contributed by atoms with E-state index in [-0.39, 0.29) is 5.56 Å². The van der Waals surface area contributed by atoms with Crippen molar-refractivity contribution in [1.82, 2.24) is 9.97 Å². The fraction of sp³-hybridized carbons (Fsp3) is 0.100. The molecule has 0 saturated carbocycles. The summed E-state index contributed by atoms with van der Waals surface area (Å²) in [5, 5.41) is 11.4. The molecule has 2 aromatic rings. The van der Waals surface area contributed by atoms with E-state index in [1.54, 1.807) is 6.20 Å². The van der Waals surface area contributed by atoms with Crippen molar-refractivity contribution in [2.45, 2.75) is 6.61 Å². The largest absolute Gasteiger partial charge is 0.478 e. The predicted molar refractivity (Wildman–Crippen MR) is 57.6 cm³/mol. The summed E-state index contributed by atoms with van der Waals surface area (Å²) in [6, 6.07) is 2.98. The number of carbonyl (C=O) groups is 1. The van der Waals surface area contributed by atoms with E-state index in [0.29, 0.717) is 12.5 Å². The number of aromatic carboxylic acids is 1. The number of nitrogens with zero attached hydrogens (tertiary/aromatic N) is 2. The lowest BCUT2D eigenvalue weighted by Crippen LogP contribution is -2.00. The summed E-state index contributed by atoms with van der Waals surface area (Å²) in [6.45, 7) is 0.344. The molecular formula is C10H8N2O3S.